The summed E-state index contributed by atoms with van der Waals surface area (Å²) < 4.78 is 5.38. The summed E-state index contributed by atoms with van der Waals surface area (Å²) in [4.78, 5) is 0. The molecule has 10 heavy (non-hydrogen) atoms. The molecular formula is C7H12NO2. The van der Waals surface area contributed by atoms with E-state index in [1.807, 2.05) is 0 Å². The highest BCUT2D eigenvalue weighted by Crippen LogP contribution is 2.33. The van der Waals surface area contributed by atoms with Crippen molar-refractivity contribution in [2.45, 2.75) is 24.5 Å². The van der Waals surface area contributed by atoms with Gasteiger partial charge in [0.2, 0.25) is 0 Å². The van der Waals surface area contributed by atoms with E-state index in [4.69, 9.17) is 4.74 Å². The van der Waals surface area contributed by atoms with Crippen LogP contribution in [0.3, 0.4) is 0 Å². The van der Waals surface area contributed by atoms with Crippen LogP contribution in [0, 0.1) is 6.61 Å². The van der Waals surface area contributed by atoms with Crippen molar-refractivity contribution in [2.75, 3.05) is 13.1 Å². The SMILES string of the molecule is OC1CNCC12CC[CH]O2. The molecule has 3 heteroatoms. The van der Waals surface area contributed by atoms with Crippen molar-refractivity contribution >= 4 is 0 Å². The Kier molecular flexibility index (Phi) is 1.44. The molecule has 0 aliphatic carbocycles. The third kappa shape index (κ3) is 0.779. The van der Waals surface area contributed by atoms with E-state index < -0.39 is 0 Å². The smallest absolute Gasteiger partial charge is 0.108 e. The van der Waals surface area contributed by atoms with Crippen LogP contribution in [0.25, 0.3) is 0 Å². The summed E-state index contributed by atoms with van der Waals surface area (Å²) in [5, 5.41) is 12.6. The van der Waals surface area contributed by atoms with Gasteiger partial charge in [-0.25, -0.2) is 0 Å². The van der Waals surface area contributed by atoms with Crippen LogP contribution in [0.1, 0.15) is 12.8 Å². The maximum atomic E-state index is 9.47. The van der Waals surface area contributed by atoms with Crippen LogP contribution >= 0.6 is 0 Å². The largest absolute Gasteiger partial charge is 0.389 e. The standard InChI is InChI=1S/C7H12NO2/c9-6-4-8-5-7(6)2-1-3-10-7/h3,6,8-9H,1-2,4-5H2. The predicted molar refractivity (Wildman–Crippen MR) is 36.2 cm³/mol. The van der Waals surface area contributed by atoms with Crippen molar-refractivity contribution < 1.29 is 9.84 Å². The molecule has 0 saturated carbocycles. The average molecular weight is 142 g/mol. The number of hydrogen-bond donors (Lipinski definition) is 2. The first kappa shape index (κ1) is 6.58. The molecule has 2 aliphatic rings. The minimum Gasteiger partial charge on any atom is -0.389 e. The molecular weight excluding hydrogens is 130 g/mol. The molecule has 2 heterocycles. The molecule has 0 bridgehead atoms. The topological polar surface area (TPSA) is 41.5 Å². The van der Waals surface area contributed by atoms with Crippen LogP contribution in [0.15, 0.2) is 0 Å². The Hall–Kier alpha value is -0.120. The molecule has 2 unspecified atom stereocenters. The van der Waals surface area contributed by atoms with Crippen molar-refractivity contribution in [3.63, 3.8) is 0 Å². The second-order valence-electron chi connectivity index (χ2n) is 3.03. The van der Waals surface area contributed by atoms with Crippen molar-refractivity contribution in [3.05, 3.63) is 6.61 Å². The zero-order valence-electron chi connectivity index (χ0n) is 5.84. The van der Waals surface area contributed by atoms with Crippen molar-refractivity contribution in [1.29, 1.82) is 0 Å². The van der Waals surface area contributed by atoms with Crippen LogP contribution in [-0.2, 0) is 4.74 Å². The minimum atomic E-state index is -0.314. The number of β-amino-alcohol motifs (C(OH)–C–C–N with tert-alkyl or cyclic N) is 1. The summed E-state index contributed by atoms with van der Waals surface area (Å²) in [6.45, 7) is 3.27. The Morgan fingerprint density at radius 1 is 1.70 bits per heavy atom. The highest BCUT2D eigenvalue weighted by Gasteiger charge is 2.45. The number of nitrogens with one attached hydrogen (secondary N) is 1. The van der Waals surface area contributed by atoms with Gasteiger partial charge < -0.3 is 15.2 Å². The molecule has 2 atom stereocenters. The average Bonchev–Trinajstić information content (AvgIpc) is 2.48. The van der Waals surface area contributed by atoms with Crippen LogP contribution in [-0.4, -0.2) is 29.9 Å². The lowest BCUT2D eigenvalue weighted by Crippen LogP contribution is -2.40. The molecule has 1 radical (unpaired) electrons. The van der Waals surface area contributed by atoms with Crippen LogP contribution in [0.4, 0.5) is 0 Å². The molecule has 0 aromatic carbocycles. The number of rotatable bonds is 0. The maximum absolute atomic E-state index is 9.47. The van der Waals surface area contributed by atoms with E-state index in [2.05, 4.69) is 5.32 Å². The first-order chi connectivity index (χ1) is 4.83. The molecule has 3 nitrogen and oxygen atoms in total. The van der Waals surface area contributed by atoms with Crippen molar-refractivity contribution in [3.8, 4) is 0 Å². The van der Waals surface area contributed by atoms with Crippen LogP contribution in [0.5, 0.6) is 0 Å². The van der Waals surface area contributed by atoms with Gasteiger partial charge in [-0.1, -0.05) is 0 Å². The Bertz CT molecular complexity index is 126. The summed E-state index contributed by atoms with van der Waals surface area (Å²) in [7, 11) is 0. The van der Waals surface area contributed by atoms with Crippen molar-refractivity contribution in [2.24, 2.45) is 0 Å². The fourth-order valence-electron chi connectivity index (χ4n) is 1.69. The van der Waals surface area contributed by atoms with E-state index in [0.717, 1.165) is 19.4 Å². The van der Waals surface area contributed by atoms with Gasteiger partial charge in [-0.3, -0.25) is 0 Å². The molecule has 0 aromatic rings. The molecule has 1 spiro atoms. The summed E-state index contributed by atoms with van der Waals surface area (Å²) in [6, 6.07) is 0. The first-order valence-electron chi connectivity index (χ1n) is 3.72. The van der Waals surface area contributed by atoms with Gasteiger partial charge in [0.25, 0.3) is 0 Å². The highest BCUT2D eigenvalue weighted by atomic mass is 16.5. The molecule has 2 aliphatic heterocycles. The first-order valence-corrected chi connectivity index (χ1v) is 3.72. The molecule has 0 amide bonds. The second-order valence-corrected chi connectivity index (χ2v) is 3.03. The van der Waals surface area contributed by atoms with Gasteiger partial charge in [-0.2, -0.15) is 0 Å². The Labute approximate surface area is 60.4 Å². The van der Waals surface area contributed by atoms with E-state index in [0.29, 0.717) is 6.54 Å². The number of aliphatic hydroxyl groups is 1. The van der Waals surface area contributed by atoms with Gasteiger partial charge in [0, 0.05) is 13.1 Å². The van der Waals surface area contributed by atoms with Gasteiger partial charge in [0.05, 0.1) is 12.7 Å². The van der Waals surface area contributed by atoms with Gasteiger partial charge in [0.1, 0.15) is 5.60 Å². The Morgan fingerprint density at radius 2 is 2.60 bits per heavy atom. The quantitative estimate of drug-likeness (QED) is 0.486. The number of aliphatic hydroxyl groups excluding tert-OH is 1. The Morgan fingerprint density at radius 3 is 3.10 bits per heavy atom. The molecule has 2 rings (SSSR count). The minimum absolute atomic E-state index is 0.264. The number of ether oxygens (including phenoxy) is 1. The Balaban J connectivity index is 2.11. The highest BCUT2D eigenvalue weighted by molar-refractivity contribution is 5.01. The lowest BCUT2D eigenvalue weighted by atomic mass is 9.97. The van der Waals surface area contributed by atoms with E-state index in [-0.39, 0.29) is 11.7 Å². The number of hydrogen-bond acceptors (Lipinski definition) is 3. The van der Waals surface area contributed by atoms with Gasteiger partial charge in [-0.15, -0.1) is 0 Å². The molecule has 0 aromatic heterocycles. The zero-order chi connectivity index (χ0) is 7.03. The van der Waals surface area contributed by atoms with Gasteiger partial charge in [0.15, 0.2) is 0 Å². The fourth-order valence-corrected chi connectivity index (χ4v) is 1.69. The van der Waals surface area contributed by atoms with E-state index >= 15 is 0 Å². The summed E-state index contributed by atoms with van der Waals surface area (Å²) in [5.74, 6) is 0. The third-order valence-corrected chi connectivity index (χ3v) is 2.37. The summed E-state index contributed by atoms with van der Waals surface area (Å²) >= 11 is 0. The lowest BCUT2D eigenvalue weighted by molar-refractivity contribution is -0.0391. The van der Waals surface area contributed by atoms with Crippen LogP contribution < -0.4 is 5.32 Å². The van der Waals surface area contributed by atoms with Crippen LogP contribution in [0.2, 0.25) is 0 Å². The van der Waals surface area contributed by atoms with Gasteiger partial charge >= 0.3 is 0 Å². The van der Waals surface area contributed by atoms with E-state index in [1.165, 1.54) is 0 Å². The van der Waals surface area contributed by atoms with E-state index in [1.54, 1.807) is 6.61 Å². The summed E-state index contributed by atoms with van der Waals surface area (Å²) in [6.07, 6.45) is 1.62. The lowest BCUT2D eigenvalue weighted by Gasteiger charge is -2.24. The monoisotopic (exact) mass is 142 g/mol. The predicted octanol–water partition coefficient (Wildman–Crippen LogP) is -0.339. The fraction of sp³-hybridized carbons (Fsp3) is 0.857. The molecule has 2 fully saturated rings. The second kappa shape index (κ2) is 2.19. The molecule has 2 saturated heterocycles. The summed E-state index contributed by atoms with van der Waals surface area (Å²) in [5.41, 5.74) is -0.264. The van der Waals surface area contributed by atoms with E-state index in [9.17, 15) is 5.11 Å². The van der Waals surface area contributed by atoms with Gasteiger partial charge in [-0.05, 0) is 12.8 Å². The molecule has 57 valence electrons. The third-order valence-electron chi connectivity index (χ3n) is 2.37. The zero-order valence-corrected chi connectivity index (χ0v) is 5.84. The normalized spacial score (nSPS) is 47.1. The van der Waals surface area contributed by atoms with Crippen molar-refractivity contribution in [1.82, 2.24) is 5.32 Å². The maximum Gasteiger partial charge on any atom is 0.108 e. The molecule has 2 N–H and O–H groups in total.